The van der Waals surface area contributed by atoms with Gasteiger partial charge in [0.05, 0.1) is 4.21 Å². The number of benzene rings is 3. The average molecular weight is 601 g/mol. The van der Waals surface area contributed by atoms with Gasteiger partial charge in [-0.3, -0.25) is 14.5 Å². The van der Waals surface area contributed by atoms with E-state index in [1.54, 1.807) is 29.7 Å². The van der Waals surface area contributed by atoms with E-state index in [2.05, 4.69) is 0 Å². The summed E-state index contributed by atoms with van der Waals surface area (Å²) in [5.41, 5.74) is 8.36. The van der Waals surface area contributed by atoms with Crippen LogP contribution in [0.3, 0.4) is 0 Å². The Hall–Kier alpha value is -3.83. The second-order valence-electron chi connectivity index (χ2n) is 9.45. The highest BCUT2D eigenvalue weighted by atomic mass is 32.2. The quantitative estimate of drug-likeness (QED) is 0.165. The van der Waals surface area contributed by atoms with Gasteiger partial charge in [-0.15, -0.1) is 23.1 Å². The molecule has 10 heteroatoms. The topological polar surface area (TPSA) is 110 Å². The first-order valence-electron chi connectivity index (χ1n) is 12.7. The third-order valence-electron chi connectivity index (χ3n) is 6.81. The third-order valence-corrected chi connectivity index (χ3v) is 10.2. The summed E-state index contributed by atoms with van der Waals surface area (Å²) in [4.78, 5) is 40.7. The molecule has 2 atom stereocenters. The minimum Gasteiger partial charge on any atom is -0.508 e. The molecule has 3 heterocycles. The van der Waals surface area contributed by atoms with Crippen LogP contribution in [0.2, 0.25) is 0 Å². The van der Waals surface area contributed by atoms with Crippen LogP contribution < -0.4 is 11.2 Å². The number of carbonyl (C=O) groups is 2. The number of phenolic OH excluding ortho intramolecular Hbond substituents is 1. The third kappa shape index (κ3) is 5.43. The van der Waals surface area contributed by atoms with E-state index in [4.69, 9.17) is 10.5 Å². The van der Waals surface area contributed by atoms with Gasteiger partial charge in [-0.05, 0) is 46.4 Å². The van der Waals surface area contributed by atoms with Crippen LogP contribution in [0.5, 0.6) is 5.75 Å². The number of hydrogen-bond donors (Lipinski definition) is 2. The van der Waals surface area contributed by atoms with Gasteiger partial charge in [-0.2, -0.15) is 0 Å². The molecule has 0 unspecified atom stereocenters. The number of allylic oxidation sites excluding steroid dienone is 1. The van der Waals surface area contributed by atoms with E-state index < -0.39 is 18.1 Å². The van der Waals surface area contributed by atoms with E-state index in [9.17, 15) is 19.5 Å². The summed E-state index contributed by atoms with van der Waals surface area (Å²) in [6.07, 6.45) is 1.12. The highest BCUT2D eigenvalue weighted by Gasteiger charge is 2.52. The lowest BCUT2D eigenvalue weighted by atomic mass is 10.0. The standard InChI is InChI=1S/C31H24N2O5S3/c32-26-29(36)33-27(31(37)38-28(18-7-3-1-4-8-18)19-9-5-2-6-10-19)20(17-40-30(26)33)13-14-39-25-16-23(35)22-12-11-21(34)15-24(22)41-25/h1-16,26,28,30,34H,17,32H2/t26-,30-/m1/s1. The Bertz CT molecular complexity index is 1710. The summed E-state index contributed by atoms with van der Waals surface area (Å²) in [5.74, 6) is -0.373. The zero-order valence-corrected chi connectivity index (χ0v) is 24.0. The van der Waals surface area contributed by atoms with Crippen LogP contribution >= 0.6 is 34.9 Å². The van der Waals surface area contributed by atoms with Gasteiger partial charge in [0.25, 0.3) is 0 Å². The normalized spacial score (nSPS) is 18.6. The summed E-state index contributed by atoms with van der Waals surface area (Å²) in [6, 6.07) is 24.5. The van der Waals surface area contributed by atoms with Crippen molar-refractivity contribution in [3.8, 4) is 5.75 Å². The zero-order chi connectivity index (χ0) is 28.5. The van der Waals surface area contributed by atoms with Gasteiger partial charge in [-0.1, -0.05) is 72.4 Å². The van der Waals surface area contributed by atoms with Crippen molar-refractivity contribution in [3.63, 3.8) is 0 Å². The van der Waals surface area contributed by atoms with E-state index in [-0.39, 0.29) is 28.2 Å². The number of thioether (sulfide) groups is 2. The molecule has 0 saturated carbocycles. The summed E-state index contributed by atoms with van der Waals surface area (Å²) >= 11 is 4.20. The maximum Gasteiger partial charge on any atom is 0.356 e. The lowest BCUT2D eigenvalue weighted by molar-refractivity contribution is -0.153. The molecule has 3 N–H and O–H groups in total. The van der Waals surface area contributed by atoms with Gasteiger partial charge < -0.3 is 15.6 Å². The van der Waals surface area contributed by atoms with Crippen LogP contribution in [0.25, 0.3) is 10.1 Å². The van der Waals surface area contributed by atoms with Gasteiger partial charge in [0.2, 0.25) is 5.91 Å². The maximum absolute atomic E-state index is 13.8. The molecule has 1 aromatic heterocycles. The Morgan fingerprint density at radius 1 is 1.02 bits per heavy atom. The first-order chi connectivity index (χ1) is 19.9. The number of aromatic hydroxyl groups is 1. The predicted octanol–water partition coefficient (Wildman–Crippen LogP) is 5.40. The summed E-state index contributed by atoms with van der Waals surface area (Å²) in [6.45, 7) is 0. The SMILES string of the molecule is N[C@@H]1C(=O)N2C(C(=O)OC(c3ccccc3)c3ccccc3)=C(C=CSc3cc(=O)c4ccc(O)cc4s3)CS[C@H]12. The Kier molecular flexibility index (Phi) is 7.72. The number of phenols is 1. The number of esters is 1. The molecule has 3 aromatic carbocycles. The van der Waals surface area contributed by atoms with Crippen LogP contribution in [0, 0.1) is 0 Å². The fourth-order valence-electron chi connectivity index (χ4n) is 4.77. The van der Waals surface area contributed by atoms with Crippen molar-refractivity contribution in [1.82, 2.24) is 4.90 Å². The van der Waals surface area contributed by atoms with Crippen molar-refractivity contribution in [2.75, 3.05) is 5.75 Å². The summed E-state index contributed by atoms with van der Waals surface area (Å²) in [7, 11) is 0. The Labute approximate surface area is 248 Å². The van der Waals surface area contributed by atoms with Crippen LogP contribution in [0.15, 0.2) is 117 Å². The molecule has 0 bridgehead atoms. The minimum atomic E-state index is -0.673. The van der Waals surface area contributed by atoms with Crippen LogP contribution in [-0.2, 0) is 14.3 Å². The molecule has 1 amide bonds. The lowest BCUT2D eigenvalue weighted by Gasteiger charge is -2.48. The monoisotopic (exact) mass is 600 g/mol. The molecule has 0 aliphatic carbocycles. The fourth-order valence-corrected chi connectivity index (χ4v) is 8.04. The van der Waals surface area contributed by atoms with E-state index in [0.29, 0.717) is 21.4 Å². The molecular formula is C31H24N2O5S3. The molecule has 6 rings (SSSR count). The van der Waals surface area contributed by atoms with E-state index in [1.165, 1.54) is 45.8 Å². The van der Waals surface area contributed by atoms with Crippen molar-refractivity contribution in [2.45, 2.75) is 21.7 Å². The predicted molar refractivity (Wildman–Crippen MR) is 164 cm³/mol. The van der Waals surface area contributed by atoms with Crippen LogP contribution in [-0.4, -0.2) is 39.1 Å². The van der Waals surface area contributed by atoms with Crippen LogP contribution in [0.1, 0.15) is 17.2 Å². The number of nitrogens with two attached hydrogens (primary N) is 1. The number of fused-ring (bicyclic) bond motifs is 2. The zero-order valence-electron chi connectivity index (χ0n) is 21.5. The second kappa shape index (κ2) is 11.6. The van der Waals surface area contributed by atoms with Crippen molar-refractivity contribution >= 4 is 56.8 Å². The molecule has 2 aliphatic heterocycles. The molecule has 1 saturated heterocycles. The number of rotatable bonds is 7. The van der Waals surface area contributed by atoms with E-state index in [1.807, 2.05) is 60.7 Å². The second-order valence-corrected chi connectivity index (χ2v) is 12.8. The molecule has 41 heavy (non-hydrogen) atoms. The van der Waals surface area contributed by atoms with Crippen molar-refractivity contribution in [3.05, 3.63) is 129 Å². The Balaban J connectivity index is 1.32. The Morgan fingerprint density at radius 3 is 2.39 bits per heavy atom. The van der Waals surface area contributed by atoms with Gasteiger partial charge in [0.1, 0.15) is 22.9 Å². The van der Waals surface area contributed by atoms with Crippen molar-refractivity contribution in [1.29, 1.82) is 0 Å². The number of β-lactam (4-membered cyclic amide) rings is 1. The molecule has 4 aromatic rings. The first-order valence-corrected chi connectivity index (χ1v) is 15.5. The highest BCUT2D eigenvalue weighted by molar-refractivity contribution is 8.04. The van der Waals surface area contributed by atoms with Gasteiger partial charge in [0, 0.05) is 21.9 Å². The molecule has 0 radical (unpaired) electrons. The molecular weight excluding hydrogens is 577 g/mol. The fraction of sp³-hybridized carbons (Fsp3) is 0.129. The molecule has 1 fully saturated rings. The minimum absolute atomic E-state index is 0.0923. The number of ether oxygens (including phenoxy) is 1. The van der Waals surface area contributed by atoms with Gasteiger partial charge in [-0.25, -0.2) is 4.79 Å². The summed E-state index contributed by atoms with van der Waals surface area (Å²) in [5, 5.41) is 11.8. The highest BCUT2D eigenvalue weighted by Crippen LogP contribution is 2.41. The molecule has 0 spiro atoms. The van der Waals surface area contributed by atoms with E-state index in [0.717, 1.165) is 15.3 Å². The largest absolute Gasteiger partial charge is 0.508 e. The van der Waals surface area contributed by atoms with E-state index >= 15 is 0 Å². The smallest absolute Gasteiger partial charge is 0.356 e. The number of nitrogens with zero attached hydrogens (tertiary/aromatic N) is 1. The maximum atomic E-state index is 13.8. The Morgan fingerprint density at radius 2 is 1.71 bits per heavy atom. The number of carbonyl (C=O) groups excluding carboxylic acids is 2. The summed E-state index contributed by atoms with van der Waals surface area (Å²) < 4.78 is 7.53. The number of amides is 1. The average Bonchev–Trinajstić information content (AvgIpc) is 2.99. The van der Waals surface area contributed by atoms with Crippen LogP contribution in [0.4, 0.5) is 0 Å². The lowest BCUT2D eigenvalue weighted by Crippen LogP contribution is -2.68. The molecule has 7 nitrogen and oxygen atoms in total. The molecule has 206 valence electrons. The van der Waals surface area contributed by atoms with Crippen molar-refractivity contribution < 1.29 is 19.4 Å². The van der Waals surface area contributed by atoms with Gasteiger partial charge in [0.15, 0.2) is 11.5 Å². The number of hydrogen-bond acceptors (Lipinski definition) is 9. The molecule has 2 aliphatic rings. The van der Waals surface area contributed by atoms with Gasteiger partial charge >= 0.3 is 5.97 Å². The van der Waals surface area contributed by atoms with Crippen molar-refractivity contribution in [2.24, 2.45) is 5.73 Å². The first kappa shape index (κ1) is 27.3.